The van der Waals surface area contributed by atoms with Crippen molar-refractivity contribution in [3.8, 4) is 0 Å². The number of carbonyl (C=O) groups is 3. The van der Waals surface area contributed by atoms with E-state index < -0.39 is 35.0 Å². The number of para-hydroxylation sites is 1. The van der Waals surface area contributed by atoms with Crippen molar-refractivity contribution >= 4 is 23.4 Å². The molecule has 4 N–H and O–H groups in total. The predicted molar refractivity (Wildman–Crippen MR) is 61.8 cm³/mol. The van der Waals surface area contributed by atoms with Crippen LogP contribution in [-0.2, 0) is 14.4 Å². The number of nitrogens with one attached hydrogen (secondary N) is 2. The first-order valence-electron chi connectivity index (χ1n) is 5.23. The van der Waals surface area contributed by atoms with Gasteiger partial charge in [-0.3, -0.25) is 14.4 Å². The summed E-state index contributed by atoms with van der Waals surface area (Å²) in [5.74, 6) is -5.02. The third-order valence-electron chi connectivity index (χ3n) is 2.06. The van der Waals surface area contributed by atoms with Crippen LogP contribution in [0.5, 0.6) is 0 Å². The van der Waals surface area contributed by atoms with E-state index in [0.29, 0.717) is 0 Å². The summed E-state index contributed by atoms with van der Waals surface area (Å²) in [6, 6.07) is 2.99. The Kier molecular flexibility index (Phi) is 4.92. The van der Waals surface area contributed by atoms with Crippen LogP contribution in [-0.4, -0.2) is 24.3 Å². The third kappa shape index (κ3) is 4.34. The predicted octanol–water partition coefficient (Wildman–Crippen LogP) is -0.105. The van der Waals surface area contributed by atoms with Gasteiger partial charge in [-0.05, 0) is 12.1 Å². The zero-order valence-corrected chi connectivity index (χ0v) is 9.70. The van der Waals surface area contributed by atoms with Gasteiger partial charge >= 0.3 is 11.8 Å². The fourth-order valence-electron chi connectivity index (χ4n) is 1.17. The highest BCUT2D eigenvalue weighted by Crippen LogP contribution is 2.17. The van der Waals surface area contributed by atoms with E-state index >= 15 is 0 Å². The summed E-state index contributed by atoms with van der Waals surface area (Å²) in [5, 5.41) is 3.88. The maximum Gasteiger partial charge on any atom is 0.313 e. The fourth-order valence-corrected chi connectivity index (χ4v) is 1.17. The van der Waals surface area contributed by atoms with Crippen molar-refractivity contribution in [2.24, 2.45) is 5.73 Å². The van der Waals surface area contributed by atoms with Gasteiger partial charge in [0, 0.05) is 13.0 Å². The van der Waals surface area contributed by atoms with Gasteiger partial charge in [-0.15, -0.1) is 0 Å². The van der Waals surface area contributed by atoms with Crippen LogP contribution < -0.4 is 16.4 Å². The van der Waals surface area contributed by atoms with Gasteiger partial charge in [0.25, 0.3) is 0 Å². The maximum atomic E-state index is 13.2. The Morgan fingerprint density at radius 1 is 1.11 bits per heavy atom. The molecule has 19 heavy (non-hydrogen) atoms. The number of amides is 3. The molecule has 0 spiro atoms. The highest BCUT2D eigenvalue weighted by Gasteiger charge is 2.17. The van der Waals surface area contributed by atoms with Gasteiger partial charge in [0.05, 0.1) is 0 Å². The number of benzene rings is 1. The van der Waals surface area contributed by atoms with Crippen molar-refractivity contribution in [2.75, 3.05) is 11.9 Å². The van der Waals surface area contributed by atoms with Crippen molar-refractivity contribution in [3.05, 3.63) is 29.8 Å². The summed E-state index contributed by atoms with van der Waals surface area (Å²) in [4.78, 5) is 33.0. The van der Waals surface area contributed by atoms with E-state index in [1.165, 1.54) is 0 Å². The van der Waals surface area contributed by atoms with E-state index in [-0.39, 0.29) is 13.0 Å². The highest BCUT2D eigenvalue weighted by molar-refractivity contribution is 6.39. The summed E-state index contributed by atoms with van der Waals surface area (Å²) in [6.45, 7) is -0.138. The lowest BCUT2D eigenvalue weighted by molar-refractivity contribution is -0.136. The molecular weight excluding hydrogens is 260 g/mol. The van der Waals surface area contributed by atoms with Gasteiger partial charge in [0.2, 0.25) is 5.91 Å². The van der Waals surface area contributed by atoms with Crippen LogP contribution in [0.2, 0.25) is 0 Å². The van der Waals surface area contributed by atoms with Crippen LogP contribution in [0, 0.1) is 11.6 Å². The smallest absolute Gasteiger partial charge is 0.313 e. The minimum absolute atomic E-state index is 0.138. The Hall–Kier alpha value is -2.51. The zero-order valence-electron chi connectivity index (χ0n) is 9.70. The Morgan fingerprint density at radius 3 is 2.21 bits per heavy atom. The van der Waals surface area contributed by atoms with E-state index in [2.05, 4.69) is 5.32 Å². The van der Waals surface area contributed by atoms with Crippen LogP contribution >= 0.6 is 0 Å². The van der Waals surface area contributed by atoms with Gasteiger partial charge in [0.15, 0.2) is 0 Å². The SMILES string of the molecule is NC(=O)CCNC(=O)C(=O)Nc1c(F)cccc1F. The number of hydrogen-bond acceptors (Lipinski definition) is 3. The average Bonchev–Trinajstić information content (AvgIpc) is 2.33. The second-order valence-electron chi connectivity index (χ2n) is 3.52. The van der Waals surface area contributed by atoms with Crippen LogP contribution in [0.1, 0.15) is 6.42 Å². The van der Waals surface area contributed by atoms with E-state index in [4.69, 9.17) is 5.73 Å². The normalized spacial score (nSPS) is 9.79. The fraction of sp³-hybridized carbons (Fsp3) is 0.182. The second-order valence-corrected chi connectivity index (χ2v) is 3.52. The summed E-state index contributed by atoms with van der Waals surface area (Å²) >= 11 is 0. The molecule has 0 aliphatic carbocycles. The molecule has 0 saturated carbocycles. The molecule has 0 bridgehead atoms. The summed E-state index contributed by atoms with van der Waals surface area (Å²) in [7, 11) is 0. The Bertz CT molecular complexity index is 500. The summed E-state index contributed by atoms with van der Waals surface area (Å²) < 4.78 is 26.4. The molecule has 1 rings (SSSR count). The van der Waals surface area contributed by atoms with Crippen LogP contribution in [0.3, 0.4) is 0 Å². The molecule has 3 amide bonds. The molecule has 1 aromatic rings. The molecule has 0 aliphatic rings. The van der Waals surface area contributed by atoms with E-state index in [1.54, 1.807) is 5.32 Å². The molecule has 0 atom stereocenters. The lowest BCUT2D eigenvalue weighted by atomic mass is 10.3. The molecule has 8 heteroatoms. The minimum atomic E-state index is -1.24. The van der Waals surface area contributed by atoms with Crippen molar-refractivity contribution in [3.63, 3.8) is 0 Å². The second kappa shape index (κ2) is 6.43. The Balaban J connectivity index is 2.59. The molecular formula is C11H11F2N3O3. The topological polar surface area (TPSA) is 101 Å². The molecule has 0 aromatic heterocycles. The number of anilines is 1. The maximum absolute atomic E-state index is 13.2. The lowest BCUT2D eigenvalue weighted by Gasteiger charge is -2.07. The minimum Gasteiger partial charge on any atom is -0.370 e. The molecule has 0 aliphatic heterocycles. The Labute approximate surface area is 107 Å². The van der Waals surface area contributed by atoms with E-state index in [1.807, 2.05) is 0 Å². The van der Waals surface area contributed by atoms with E-state index in [9.17, 15) is 23.2 Å². The van der Waals surface area contributed by atoms with Gasteiger partial charge in [-0.25, -0.2) is 8.78 Å². The van der Waals surface area contributed by atoms with Gasteiger partial charge in [-0.1, -0.05) is 6.07 Å². The third-order valence-corrected chi connectivity index (χ3v) is 2.06. The number of rotatable bonds is 4. The quantitative estimate of drug-likeness (QED) is 0.666. The molecule has 1 aromatic carbocycles. The molecule has 102 valence electrons. The summed E-state index contributed by atoms with van der Waals surface area (Å²) in [6.07, 6.45) is -0.146. The number of halogens is 2. The lowest BCUT2D eigenvalue weighted by Crippen LogP contribution is -2.37. The first kappa shape index (κ1) is 14.6. The van der Waals surface area contributed by atoms with Crippen molar-refractivity contribution in [1.82, 2.24) is 5.32 Å². The van der Waals surface area contributed by atoms with Gasteiger partial charge in [0.1, 0.15) is 17.3 Å². The van der Waals surface area contributed by atoms with Crippen LogP contribution in [0.25, 0.3) is 0 Å². The van der Waals surface area contributed by atoms with E-state index in [0.717, 1.165) is 18.2 Å². The Morgan fingerprint density at radius 2 is 1.68 bits per heavy atom. The van der Waals surface area contributed by atoms with Gasteiger partial charge < -0.3 is 16.4 Å². The zero-order chi connectivity index (χ0) is 14.4. The van der Waals surface area contributed by atoms with Crippen LogP contribution in [0.4, 0.5) is 14.5 Å². The number of carbonyl (C=O) groups excluding carboxylic acids is 3. The first-order chi connectivity index (χ1) is 8.91. The average molecular weight is 271 g/mol. The largest absolute Gasteiger partial charge is 0.370 e. The van der Waals surface area contributed by atoms with Crippen molar-refractivity contribution < 1.29 is 23.2 Å². The molecule has 0 unspecified atom stereocenters. The van der Waals surface area contributed by atoms with Gasteiger partial charge in [-0.2, -0.15) is 0 Å². The van der Waals surface area contributed by atoms with Crippen LogP contribution in [0.15, 0.2) is 18.2 Å². The van der Waals surface area contributed by atoms with Crippen molar-refractivity contribution in [2.45, 2.75) is 6.42 Å². The molecule has 6 nitrogen and oxygen atoms in total. The molecule has 0 fully saturated rings. The molecule has 0 radical (unpaired) electrons. The first-order valence-corrected chi connectivity index (χ1v) is 5.23. The number of primary amides is 1. The molecule has 0 heterocycles. The highest BCUT2D eigenvalue weighted by atomic mass is 19.1. The number of hydrogen-bond donors (Lipinski definition) is 3. The monoisotopic (exact) mass is 271 g/mol. The van der Waals surface area contributed by atoms with Crippen molar-refractivity contribution in [1.29, 1.82) is 0 Å². The summed E-state index contributed by atoms with van der Waals surface area (Å²) in [5.41, 5.74) is 4.12. The number of nitrogens with two attached hydrogens (primary N) is 1. The molecule has 0 saturated heterocycles. The standard InChI is InChI=1S/C11H11F2N3O3/c12-6-2-1-3-7(13)9(6)16-11(19)10(18)15-5-4-8(14)17/h1-3H,4-5H2,(H2,14,17)(H,15,18)(H,16,19).